The van der Waals surface area contributed by atoms with E-state index in [1.165, 1.54) is 12.8 Å². The molecular weight excluding hydrogens is 288 g/mol. The summed E-state index contributed by atoms with van der Waals surface area (Å²) < 4.78 is 0. The Morgan fingerprint density at radius 1 is 1.13 bits per heavy atom. The van der Waals surface area contributed by atoms with E-state index in [1.54, 1.807) is 0 Å². The number of rotatable bonds is 6. The van der Waals surface area contributed by atoms with Gasteiger partial charge in [0, 0.05) is 25.1 Å². The molecule has 1 N–H and O–H groups in total. The van der Waals surface area contributed by atoms with Crippen molar-refractivity contribution in [3.63, 3.8) is 0 Å². The molecule has 2 aromatic rings. The predicted octanol–water partition coefficient (Wildman–Crippen LogP) is 1.72. The largest absolute Gasteiger partial charge is 0.348 e. The van der Waals surface area contributed by atoms with Crippen molar-refractivity contribution in [1.82, 2.24) is 29.7 Å². The lowest BCUT2D eigenvalue weighted by Crippen LogP contribution is -2.34. The molecule has 0 aromatic carbocycles. The molecule has 124 valence electrons. The van der Waals surface area contributed by atoms with Crippen LogP contribution in [-0.2, 0) is 19.5 Å². The Balaban J connectivity index is 1.45. The molecule has 0 spiro atoms. The van der Waals surface area contributed by atoms with Crippen molar-refractivity contribution in [3.8, 4) is 0 Å². The SMILES string of the molecule is CN(C)Cc1cnc(CC2CCN(Cc3ncc[nH]3)CC2)cn1. The molecule has 3 rings (SSSR count). The first-order valence-electron chi connectivity index (χ1n) is 8.34. The molecule has 0 radical (unpaired) electrons. The number of hydrogen-bond donors (Lipinski definition) is 1. The van der Waals surface area contributed by atoms with Gasteiger partial charge in [-0.15, -0.1) is 0 Å². The number of likely N-dealkylation sites (tertiary alicyclic amines) is 1. The molecule has 6 nitrogen and oxygen atoms in total. The van der Waals surface area contributed by atoms with E-state index in [0.717, 1.165) is 55.7 Å². The summed E-state index contributed by atoms with van der Waals surface area (Å²) >= 11 is 0. The molecule has 1 saturated heterocycles. The lowest BCUT2D eigenvalue weighted by Gasteiger charge is -2.31. The first-order chi connectivity index (χ1) is 11.2. The molecule has 1 aliphatic rings. The van der Waals surface area contributed by atoms with Gasteiger partial charge >= 0.3 is 0 Å². The molecule has 0 saturated carbocycles. The molecular formula is C17H26N6. The topological polar surface area (TPSA) is 60.9 Å². The van der Waals surface area contributed by atoms with Crippen LogP contribution in [0.1, 0.15) is 30.1 Å². The van der Waals surface area contributed by atoms with Crippen LogP contribution in [-0.4, -0.2) is 56.9 Å². The molecule has 23 heavy (non-hydrogen) atoms. The zero-order valence-electron chi connectivity index (χ0n) is 14.1. The Kier molecular flexibility index (Phi) is 5.35. The van der Waals surface area contributed by atoms with E-state index in [2.05, 4.69) is 29.7 Å². The maximum atomic E-state index is 4.59. The Hall–Kier alpha value is -1.79. The van der Waals surface area contributed by atoms with E-state index in [1.807, 2.05) is 38.9 Å². The molecule has 1 aliphatic heterocycles. The van der Waals surface area contributed by atoms with Crippen LogP contribution in [0.5, 0.6) is 0 Å². The van der Waals surface area contributed by atoms with Gasteiger partial charge in [-0.2, -0.15) is 0 Å². The Labute approximate surface area is 138 Å². The van der Waals surface area contributed by atoms with Crippen molar-refractivity contribution in [2.24, 2.45) is 5.92 Å². The number of nitrogens with one attached hydrogen (secondary N) is 1. The van der Waals surface area contributed by atoms with Crippen molar-refractivity contribution in [2.45, 2.75) is 32.4 Å². The molecule has 2 aromatic heterocycles. The van der Waals surface area contributed by atoms with E-state index in [9.17, 15) is 0 Å². The van der Waals surface area contributed by atoms with E-state index in [0.29, 0.717) is 0 Å². The van der Waals surface area contributed by atoms with Gasteiger partial charge < -0.3 is 9.88 Å². The van der Waals surface area contributed by atoms with E-state index in [4.69, 9.17) is 0 Å². The lowest BCUT2D eigenvalue weighted by molar-refractivity contribution is 0.173. The van der Waals surface area contributed by atoms with Crippen LogP contribution in [0.4, 0.5) is 0 Å². The highest BCUT2D eigenvalue weighted by atomic mass is 15.1. The van der Waals surface area contributed by atoms with Crippen LogP contribution in [0, 0.1) is 5.92 Å². The minimum atomic E-state index is 0.719. The van der Waals surface area contributed by atoms with Gasteiger partial charge in [-0.05, 0) is 52.4 Å². The fourth-order valence-electron chi connectivity index (χ4n) is 3.13. The molecule has 6 heteroatoms. The molecule has 0 aliphatic carbocycles. The third-order valence-electron chi connectivity index (χ3n) is 4.37. The third kappa shape index (κ3) is 4.84. The van der Waals surface area contributed by atoms with Crippen LogP contribution >= 0.6 is 0 Å². The summed E-state index contributed by atoms with van der Waals surface area (Å²) in [6.07, 6.45) is 11.1. The summed E-state index contributed by atoms with van der Waals surface area (Å²) in [6, 6.07) is 0. The second-order valence-corrected chi connectivity index (χ2v) is 6.70. The van der Waals surface area contributed by atoms with Crippen LogP contribution in [0.15, 0.2) is 24.8 Å². The van der Waals surface area contributed by atoms with Crippen LogP contribution in [0.25, 0.3) is 0 Å². The number of hydrogen-bond acceptors (Lipinski definition) is 5. The molecule has 0 atom stereocenters. The van der Waals surface area contributed by atoms with Crippen LogP contribution in [0.2, 0.25) is 0 Å². The quantitative estimate of drug-likeness (QED) is 0.879. The maximum Gasteiger partial charge on any atom is 0.120 e. The predicted molar refractivity (Wildman–Crippen MR) is 89.7 cm³/mol. The molecule has 0 amide bonds. The second kappa shape index (κ2) is 7.66. The highest BCUT2D eigenvalue weighted by molar-refractivity contribution is 5.03. The van der Waals surface area contributed by atoms with E-state index >= 15 is 0 Å². The van der Waals surface area contributed by atoms with Crippen molar-refractivity contribution in [3.05, 3.63) is 42.0 Å². The molecule has 3 heterocycles. The van der Waals surface area contributed by atoms with E-state index in [-0.39, 0.29) is 0 Å². The molecule has 0 bridgehead atoms. The van der Waals surface area contributed by atoms with E-state index < -0.39 is 0 Å². The number of aromatic amines is 1. The summed E-state index contributed by atoms with van der Waals surface area (Å²) in [6.45, 7) is 4.05. The van der Waals surface area contributed by atoms with Crippen molar-refractivity contribution in [1.29, 1.82) is 0 Å². The Bertz CT molecular complexity index is 570. The zero-order valence-corrected chi connectivity index (χ0v) is 14.1. The Morgan fingerprint density at radius 3 is 2.48 bits per heavy atom. The number of aromatic nitrogens is 4. The minimum absolute atomic E-state index is 0.719. The summed E-state index contributed by atoms with van der Waals surface area (Å²) in [5.41, 5.74) is 2.16. The number of H-pyrrole nitrogens is 1. The minimum Gasteiger partial charge on any atom is -0.348 e. The fourth-order valence-corrected chi connectivity index (χ4v) is 3.13. The first kappa shape index (κ1) is 16.1. The van der Waals surface area contributed by atoms with Crippen LogP contribution < -0.4 is 0 Å². The molecule has 0 unspecified atom stereocenters. The van der Waals surface area contributed by atoms with Gasteiger partial charge in [0.1, 0.15) is 5.82 Å². The van der Waals surface area contributed by atoms with Gasteiger partial charge in [0.05, 0.1) is 24.1 Å². The van der Waals surface area contributed by atoms with Gasteiger partial charge in [-0.3, -0.25) is 14.9 Å². The van der Waals surface area contributed by atoms with Gasteiger partial charge in [0.2, 0.25) is 0 Å². The zero-order chi connectivity index (χ0) is 16.1. The second-order valence-electron chi connectivity index (χ2n) is 6.70. The monoisotopic (exact) mass is 314 g/mol. The standard InChI is InChI=1S/C17H26N6/c1-22(2)12-16-11-20-15(10-21-16)9-14-3-7-23(8-4-14)13-17-18-5-6-19-17/h5-6,10-11,14H,3-4,7-9,12-13H2,1-2H3,(H,18,19). The average Bonchev–Trinajstić information content (AvgIpc) is 3.04. The van der Waals surface area contributed by atoms with Gasteiger partial charge in [0.15, 0.2) is 0 Å². The number of imidazole rings is 1. The van der Waals surface area contributed by atoms with Crippen LogP contribution in [0.3, 0.4) is 0 Å². The smallest absolute Gasteiger partial charge is 0.120 e. The lowest BCUT2D eigenvalue weighted by atomic mass is 9.92. The van der Waals surface area contributed by atoms with Crippen molar-refractivity contribution < 1.29 is 0 Å². The Morgan fingerprint density at radius 2 is 1.87 bits per heavy atom. The van der Waals surface area contributed by atoms with Gasteiger partial charge in [-0.1, -0.05) is 0 Å². The van der Waals surface area contributed by atoms with Gasteiger partial charge in [0.25, 0.3) is 0 Å². The fraction of sp³-hybridized carbons (Fsp3) is 0.588. The third-order valence-corrected chi connectivity index (χ3v) is 4.37. The van der Waals surface area contributed by atoms with Gasteiger partial charge in [-0.25, -0.2) is 4.98 Å². The normalized spacial score (nSPS) is 17.0. The number of nitrogens with zero attached hydrogens (tertiary/aromatic N) is 5. The maximum absolute atomic E-state index is 4.59. The highest BCUT2D eigenvalue weighted by Crippen LogP contribution is 2.21. The highest BCUT2D eigenvalue weighted by Gasteiger charge is 2.20. The van der Waals surface area contributed by atoms with Crippen molar-refractivity contribution in [2.75, 3.05) is 27.2 Å². The first-order valence-corrected chi connectivity index (χ1v) is 8.34. The molecule has 1 fully saturated rings. The summed E-state index contributed by atoms with van der Waals surface area (Å²) in [5, 5.41) is 0. The number of piperidine rings is 1. The summed E-state index contributed by atoms with van der Waals surface area (Å²) in [7, 11) is 4.10. The van der Waals surface area contributed by atoms with Crippen molar-refractivity contribution >= 4 is 0 Å². The summed E-state index contributed by atoms with van der Waals surface area (Å²) in [4.78, 5) is 21.2. The average molecular weight is 314 g/mol. The summed E-state index contributed by atoms with van der Waals surface area (Å²) in [5.74, 6) is 1.78.